The molecule has 0 spiro atoms. The van der Waals surface area contributed by atoms with E-state index in [2.05, 4.69) is 36.7 Å². The fraction of sp³-hybridized carbons (Fsp3) is 0.273. The van der Waals surface area contributed by atoms with Crippen molar-refractivity contribution in [2.24, 2.45) is 0 Å². The van der Waals surface area contributed by atoms with Crippen molar-refractivity contribution in [2.75, 3.05) is 25.3 Å². The summed E-state index contributed by atoms with van der Waals surface area (Å²) in [5, 5.41) is 21.7. The van der Waals surface area contributed by atoms with Crippen molar-refractivity contribution < 1.29 is 23.9 Å². The zero-order valence-electron chi connectivity index (χ0n) is 18.9. The Hall–Kier alpha value is -2.54. The van der Waals surface area contributed by atoms with Crippen molar-refractivity contribution in [1.82, 2.24) is 15.5 Å². The predicted octanol–water partition coefficient (Wildman–Crippen LogP) is 5.26. The average molecular weight is 602 g/mol. The van der Waals surface area contributed by atoms with Gasteiger partial charge in [0.05, 0.1) is 24.3 Å². The molecule has 0 radical (unpaired) electrons. The Balaban J connectivity index is 1.76. The molecule has 35 heavy (non-hydrogen) atoms. The van der Waals surface area contributed by atoms with Gasteiger partial charge in [0.15, 0.2) is 10.9 Å². The number of halogens is 2. The van der Waals surface area contributed by atoms with Crippen LogP contribution >= 0.6 is 51.5 Å². The summed E-state index contributed by atoms with van der Waals surface area (Å²) < 4.78 is 15.9. The number of anilines is 1. The Labute approximate surface area is 225 Å². The van der Waals surface area contributed by atoms with Crippen LogP contribution in [0.4, 0.5) is 5.69 Å². The molecular formula is C22H22BrClN4O5S2. The van der Waals surface area contributed by atoms with Gasteiger partial charge in [-0.3, -0.25) is 0 Å². The highest BCUT2D eigenvalue weighted by molar-refractivity contribution is 9.10. The van der Waals surface area contributed by atoms with Crippen LogP contribution in [0.25, 0.3) is 0 Å². The number of thioether (sulfide) groups is 1. The number of benzene rings is 2. The molecule has 1 atom stereocenters. The molecule has 1 heterocycles. The number of hydrogen-bond donors (Lipinski definition) is 3. The summed E-state index contributed by atoms with van der Waals surface area (Å²) >= 11 is 16.2. The average Bonchev–Trinajstić information content (AvgIpc) is 3.27. The summed E-state index contributed by atoms with van der Waals surface area (Å²) in [6.45, 7) is 1.72. The third-order valence-corrected chi connectivity index (χ3v) is 7.02. The normalized spacial score (nSPS) is 11.6. The van der Waals surface area contributed by atoms with Gasteiger partial charge in [0.25, 0.3) is 0 Å². The van der Waals surface area contributed by atoms with Gasteiger partial charge in [-0.05, 0) is 59.3 Å². The highest BCUT2D eigenvalue weighted by atomic mass is 79.9. The minimum absolute atomic E-state index is 0.0870. The number of rotatable bonds is 9. The summed E-state index contributed by atoms with van der Waals surface area (Å²) in [6.07, 6.45) is 0. The van der Waals surface area contributed by atoms with Crippen LogP contribution in [-0.4, -0.2) is 46.3 Å². The van der Waals surface area contributed by atoms with Gasteiger partial charge >= 0.3 is 5.97 Å². The highest BCUT2D eigenvalue weighted by Gasteiger charge is 2.25. The van der Waals surface area contributed by atoms with Gasteiger partial charge in [0, 0.05) is 33.8 Å². The van der Waals surface area contributed by atoms with Crippen LogP contribution in [0.2, 0.25) is 5.02 Å². The molecule has 0 saturated heterocycles. The number of carbonyl (C=O) groups excluding carboxylic acids is 1. The van der Waals surface area contributed by atoms with Crippen molar-refractivity contribution in [3.05, 3.63) is 62.7 Å². The Kier molecular flexibility index (Phi) is 9.61. The third-order valence-electron chi connectivity index (χ3n) is 4.70. The fourth-order valence-corrected chi connectivity index (χ4v) is 5.17. The first-order chi connectivity index (χ1) is 16.7. The second-order valence-electron chi connectivity index (χ2n) is 7.11. The second-order valence-corrected chi connectivity index (χ2v) is 9.78. The lowest BCUT2D eigenvalue weighted by Gasteiger charge is -2.19. The Morgan fingerprint density at radius 2 is 2.06 bits per heavy atom. The van der Waals surface area contributed by atoms with E-state index >= 15 is 0 Å². The number of thiocarbonyl (C=S) groups is 1. The second kappa shape index (κ2) is 12.4. The number of aromatic hydroxyl groups is 1. The molecule has 1 aromatic heterocycles. The van der Waals surface area contributed by atoms with E-state index in [9.17, 15) is 9.90 Å². The topological polar surface area (TPSA) is 119 Å². The molecule has 0 amide bonds. The maximum Gasteiger partial charge on any atom is 0.339 e. The first-order valence-corrected chi connectivity index (χ1v) is 12.8. The number of phenolic OH excluding ortho intramolecular Hbond substituents is 1. The van der Waals surface area contributed by atoms with E-state index in [0.717, 1.165) is 5.69 Å². The minimum Gasteiger partial charge on any atom is -0.507 e. The zero-order valence-corrected chi connectivity index (χ0v) is 22.9. The van der Waals surface area contributed by atoms with E-state index < -0.39 is 12.0 Å². The summed E-state index contributed by atoms with van der Waals surface area (Å²) in [5.74, 6) is 1.17. The highest BCUT2D eigenvalue weighted by Crippen LogP contribution is 2.39. The van der Waals surface area contributed by atoms with Crippen molar-refractivity contribution >= 4 is 68.3 Å². The Bertz CT molecular complexity index is 1210. The number of methoxy groups -OCH3 is 2. The van der Waals surface area contributed by atoms with E-state index in [1.165, 1.54) is 32.0 Å². The monoisotopic (exact) mass is 600 g/mol. The third kappa shape index (κ3) is 7.00. The summed E-state index contributed by atoms with van der Waals surface area (Å²) in [6, 6.07) is 8.10. The van der Waals surface area contributed by atoms with Gasteiger partial charge in [-0.1, -0.05) is 16.8 Å². The van der Waals surface area contributed by atoms with E-state index in [-0.39, 0.29) is 17.1 Å². The van der Waals surface area contributed by atoms with Crippen molar-refractivity contribution in [2.45, 2.75) is 18.7 Å². The van der Waals surface area contributed by atoms with Crippen LogP contribution < -0.4 is 15.4 Å². The fourth-order valence-electron chi connectivity index (χ4n) is 3.03. The number of hydrogen-bond acceptors (Lipinski definition) is 9. The van der Waals surface area contributed by atoms with Crippen LogP contribution in [0.1, 0.15) is 33.7 Å². The molecule has 3 rings (SSSR count). The molecule has 0 bridgehead atoms. The van der Waals surface area contributed by atoms with E-state index in [1.807, 2.05) is 0 Å². The molecule has 13 heteroatoms. The molecule has 0 aliphatic carbocycles. The number of aromatic nitrogens is 2. The molecular weight excluding hydrogens is 580 g/mol. The molecule has 186 valence electrons. The SMILES string of the molecule is COC(=O)c1c(Br)c(OC)cc(O)c1CSCC(NC(=S)Nc1ccc(Cl)cc1)c1nc(C)no1. The molecule has 0 fully saturated rings. The lowest BCUT2D eigenvalue weighted by Crippen LogP contribution is -2.33. The quantitative estimate of drug-likeness (QED) is 0.220. The molecule has 9 nitrogen and oxygen atoms in total. The Morgan fingerprint density at radius 3 is 2.66 bits per heavy atom. The van der Waals surface area contributed by atoms with Gasteiger partial charge in [0.2, 0.25) is 5.89 Å². The maximum absolute atomic E-state index is 12.4. The summed E-state index contributed by atoms with van der Waals surface area (Å²) in [7, 11) is 2.72. The van der Waals surface area contributed by atoms with Crippen molar-refractivity contribution in [1.29, 1.82) is 0 Å². The van der Waals surface area contributed by atoms with Crippen molar-refractivity contribution in [3.63, 3.8) is 0 Å². The molecule has 0 saturated carbocycles. The van der Waals surface area contributed by atoms with Gasteiger partial charge in [-0.15, -0.1) is 0 Å². The number of nitrogens with zero attached hydrogens (tertiary/aromatic N) is 2. The summed E-state index contributed by atoms with van der Waals surface area (Å²) in [4.78, 5) is 16.7. The number of nitrogens with one attached hydrogen (secondary N) is 2. The van der Waals surface area contributed by atoms with Crippen LogP contribution in [-0.2, 0) is 10.5 Å². The maximum atomic E-state index is 12.4. The first kappa shape index (κ1) is 27.1. The summed E-state index contributed by atoms with van der Waals surface area (Å²) in [5.41, 5.74) is 1.35. The minimum atomic E-state index is -0.600. The molecule has 3 N–H and O–H groups in total. The van der Waals surface area contributed by atoms with Crippen LogP contribution in [0, 0.1) is 6.92 Å². The number of esters is 1. The lowest BCUT2D eigenvalue weighted by atomic mass is 10.1. The number of aryl methyl sites for hydroxylation is 1. The standard InChI is InChI=1S/C22H22BrClN4O5S2/c1-11-25-20(33-28-11)15(27-22(34)26-13-6-4-12(24)5-7-13)10-35-9-14-16(29)8-17(31-2)19(23)18(14)21(30)32-3/h4-8,15,29H,9-10H2,1-3H3,(H2,26,27,34). The van der Waals surface area contributed by atoms with Crippen LogP contribution in [0.15, 0.2) is 39.3 Å². The van der Waals surface area contributed by atoms with Crippen molar-refractivity contribution in [3.8, 4) is 11.5 Å². The molecule has 3 aromatic rings. The lowest BCUT2D eigenvalue weighted by molar-refractivity contribution is 0.0597. The predicted molar refractivity (Wildman–Crippen MR) is 142 cm³/mol. The molecule has 2 aromatic carbocycles. The Morgan fingerprint density at radius 1 is 1.34 bits per heavy atom. The van der Waals surface area contributed by atoms with Crippen LogP contribution in [0.5, 0.6) is 11.5 Å². The van der Waals surface area contributed by atoms with E-state index in [0.29, 0.717) is 43.4 Å². The number of carbonyl (C=O) groups is 1. The van der Waals surface area contributed by atoms with Gasteiger partial charge in [0.1, 0.15) is 17.5 Å². The van der Waals surface area contributed by atoms with Gasteiger partial charge < -0.3 is 29.7 Å². The number of phenols is 1. The van der Waals surface area contributed by atoms with E-state index in [4.69, 9.17) is 37.8 Å². The number of ether oxygens (including phenoxy) is 2. The van der Waals surface area contributed by atoms with Gasteiger partial charge in [-0.2, -0.15) is 16.7 Å². The van der Waals surface area contributed by atoms with Gasteiger partial charge in [-0.25, -0.2) is 4.79 Å². The first-order valence-electron chi connectivity index (χ1n) is 10.1. The molecule has 0 aliphatic rings. The zero-order chi connectivity index (χ0) is 25.5. The molecule has 0 aliphatic heterocycles. The van der Waals surface area contributed by atoms with Crippen LogP contribution in [0.3, 0.4) is 0 Å². The van der Waals surface area contributed by atoms with E-state index in [1.54, 1.807) is 31.2 Å². The molecule has 1 unspecified atom stereocenters. The smallest absolute Gasteiger partial charge is 0.339 e. The largest absolute Gasteiger partial charge is 0.507 e.